The molecule has 2 rings (SSSR count). The number of anilines is 1. The van der Waals surface area contributed by atoms with Gasteiger partial charge in [0.05, 0.1) is 0 Å². The van der Waals surface area contributed by atoms with Crippen molar-refractivity contribution in [1.29, 1.82) is 0 Å². The molecule has 1 unspecified atom stereocenters. The topological polar surface area (TPSA) is 46.1 Å². The van der Waals surface area contributed by atoms with E-state index in [2.05, 4.69) is 26.1 Å². The number of carbonyl (C=O) groups is 1. The molecule has 0 spiro atoms. The minimum absolute atomic E-state index is 0.130. The van der Waals surface area contributed by atoms with Crippen molar-refractivity contribution < 1.29 is 4.79 Å². The Morgan fingerprint density at radius 1 is 1.64 bits per heavy atom. The predicted octanol–water partition coefficient (Wildman–Crippen LogP) is 1.60. The van der Waals surface area contributed by atoms with E-state index >= 15 is 0 Å². The van der Waals surface area contributed by atoms with Gasteiger partial charge in [-0.3, -0.25) is 9.69 Å². The molecule has 76 valence electrons. The van der Waals surface area contributed by atoms with E-state index in [1.54, 1.807) is 4.90 Å². The Labute approximate surface area is 94.5 Å². The molecule has 1 aromatic rings. The van der Waals surface area contributed by atoms with Gasteiger partial charge >= 0.3 is 0 Å². The first-order chi connectivity index (χ1) is 6.70. The molecule has 0 aliphatic carbocycles. The van der Waals surface area contributed by atoms with Crippen LogP contribution in [0, 0.1) is 0 Å². The molecular formula is C8H10BrN3OS. The lowest BCUT2D eigenvalue weighted by Crippen LogP contribution is -2.24. The van der Waals surface area contributed by atoms with Crippen LogP contribution in [0.4, 0.5) is 5.13 Å². The van der Waals surface area contributed by atoms with Crippen LogP contribution in [0.5, 0.6) is 0 Å². The lowest BCUT2D eigenvalue weighted by Gasteiger charge is -2.09. The maximum absolute atomic E-state index is 11.5. The second-order valence-corrected chi connectivity index (χ2v) is 5.47. The van der Waals surface area contributed by atoms with Gasteiger partial charge < -0.3 is 0 Å². The molecule has 1 saturated heterocycles. The molecule has 0 radical (unpaired) electrons. The van der Waals surface area contributed by atoms with Gasteiger partial charge in [0.25, 0.3) is 0 Å². The van der Waals surface area contributed by atoms with Gasteiger partial charge in [-0.25, -0.2) is 0 Å². The van der Waals surface area contributed by atoms with Crippen molar-refractivity contribution in [2.45, 2.75) is 24.6 Å². The molecular weight excluding hydrogens is 266 g/mol. The van der Waals surface area contributed by atoms with Gasteiger partial charge in [-0.05, 0) is 6.42 Å². The number of nitrogens with zero attached hydrogens (tertiary/aromatic N) is 3. The van der Waals surface area contributed by atoms with Crippen LogP contribution in [0.25, 0.3) is 0 Å². The van der Waals surface area contributed by atoms with Crippen LogP contribution >= 0.6 is 27.3 Å². The average Bonchev–Trinajstić information content (AvgIpc) is 2.71. The van der Waals surface area contributed by atoms with Crippen molar-refractivity contribution in [2.24, 2.45) is 0 Å². The van der Waals surface area contributed by atoms with Crippen molar-refractivity contribution in [3.8, 4) is 0 Å². The zero-order valence-electron chi connectivity index (χ0n) is 7.73. The van der Waals surface area contributed by atoms with E-state index in [9.17, 15) is 4.79 Å². The maximum atomic E-state index is 11.5. The first kappa shape index (κ1) is 10.0. The maximum Gasteiger partial charge on any atom is 0.230 e. The second-order valence-electron chi connectivity index (χ2n) is 3.14. The molecule has 1 atom stereocenters. The number of hydrogen-bond donors (Lipinski definition) is 0. The van der Waals surface area contributed by atoms with Crippen LogP contribution in [0.1, 0.15) is 18.4 Å². The summed E-state index contributed by atoms with van der Waals surface area (Å²) in [6, 6.07) is 0. The molecule has 0 saturated carbocycles. The van der Waals surface area contributed by atoms with Gasteiger partial charge in [0.15, 0.2) is 0 Å². The van der Waals surface area contributed by atoms with Crippen LogP contribution in [0.2, 0.25) is 0 Å². The van der Waals surface area contributed by atoms with Crippen LogP contribution in [0.3, 0.4) is 0 Å². The number of aryl methyl sites for hydroxylation is 1. The van der Waals surface area contributed by atoms with Gasteiger partial charge in [-0.15, -0.1) is 10.2 Å². The van der Waals surface area contributed by atoms with Crippen LogP contribution < -0.4 is 4.90 Å². The van der Waals surface area contributed by atoms with Gasteiger partial charge in [-0.1, -0.05) is 34.2 Å². The number of rotatable bonds is 2. The summed E-state index contributed by atoms with van der Waals surface area (Å²) >= 11 is 4.93. The Balaban J connectivity index is 2.18. The number of amides is 1. The molecule has 1 fully saturated rings. The molecule has 0 bridgehead atoms. The van der Waals surface area contributed by atoms with E-state index in [0.29, 0.717) is 13.0 Å². The highest BCUT2D eigenvalue weighted by atomic mass is 79.9. The summed E-state index contributed by atoms with van der Waals surface area (Å²) in [5, 5.41) is 9.71. The van der Waals surface area contributed by atoms with E-state index in [1.807, 2.05) is 6.92 Å². The van der Waals surface area contributed by atoms with Gasteiger partial charge in [0.2, 0.25) is 11.0 Å². The minimum atomic E-state index is 0.130. The summed E-state index contributed by atoms with van der Waals surface area (Å²) in [5.41, 5.74) is 0. The van der Waals surface area contributed by atoms with Crippen molar-refractivity contribution in [3.05, 3.63) is 5.01 Å². The molecule has 1 aliphatic heterocycles. The first-order valence-electron chi connectivity index (χ1n) is 4.47. The van der Waals surface area contributed by atoms with E-state index in [4.69, 9.17) is 0 Å². The molecule has 14 heavy (non-hydrogen) atoms. The third-order valence-electron chi connectivity index (χ3n) is 2.07. The Bertz CT molecular complexity index is 354. The normalized spacial score (nSPS) is 22.0. The molecule has 1 amide bonds. The Morgan fingerprint density at radius 2 is 2.43 bits per heavy atom. The summed E-state index contributed by atoms with van der Waals surface area (Å²) in [6.07, 6.45) is 1.43. The predicted molar refractivity (Wildman–Crippen MR) is 59.0 cm³/mol. The van der Waals surface area contributed by atoms with E-state index in [0.717, 1.165) is 16.6 Å². The third kappa shape index (κ3) is 1.81. The van der Waals surface area contributed by atoms with E-state index < -0.39 is 0 Å². The Hall–Kier alpha value is -0.490. The molecule has 0 N–H and O–H groups in total. The SMILES string of the molecule is CCc1nnc(N2CC(Br)CC2=O)s1. The van der Waals surface area contributed by atoms with Crippen LogP contribution in [0.15, 0.2) is 0 Å². The van der Waals surface area contributed by atoms with Crippen LogP contribution in [-0.2, 0) is 11.2 Å². The molecule has 1 aliphatic rings. The lowest BCUT2D eigenvalue weighted by molar-refractivity contribution is -0.117. The quantitative estimate of drug-likeness (QED) is 0.771. The largest absolute Gasteiger partial charge is 0.286 e. The minimum Gasteiger partial charge on any atom is -0.286 e. The van der Waals surface area contributed by atoms with Crippen molar-refractivity contribution >= 4 is 38.3 Å². The molecule has 4 nitrogen and oxygen atoms in total. The monoisotopic (exact) mass is 275 g/mol. The molecule has 2 heterocycles. The summed E-state index contributed by atoms with van der Waals surface area (Å²) in [7, 11) is 0. The highest BCUT2D eigenvalue weighted by Gasteiger charge is 2.30. The Kier molecular flexibility index (Phi) is 2.83. The van der Waals surface area contributed by atoms with Crippen molar-refractivity contribution in [2.75, 3.05) is 11.4 Å². The average molecular weight is 276 g/mol. The van der Waals surface area contributed by atoms with Gasteiger partial charge in [0, 0.05) is 17.8 Å². The number of hydrogen-bond acceptors (Lipinski definition) is 4. The number of halogens is 1. The fraction of sp³-hybridized carbons (Fsp3) is 0.625. The van der Waals surface area contributed by atoms with Crippen molar-refractivity contribution in [1.82, 2.24) is 10.2 Å². The lowest BCUT2D eigenvalue weighted by atomic mass is 10.4. The van der Waals surface area contributed by atoms with Crippen LogP contribution in [-0.4, -0.2) is 27.5 Å². The van der Waals surface area contributed by atoms with E-state index in [1.165, 1.54) is 11.3 Å². The smallest absolute Gasteiger partial charge is 0.230 e. The standard InChI is InChI=1S/C8H10BrN3OS/c1-2-6-10-11-8(14-6)12-4-5(9)3-7(12)13/h5H,2-4H2,1H3. The van der Waals surface area contributed by atoms with Crippen molar-refractivity contribution in [3.63, 3.8) is 0 Å². The van der Waals surface area contributed by atoms with E-state index in [-0.39, 0.29) is 10.7 Å². The summed E-state index contributed by atoms with van der Waals surface area (Å²) < 4.78 is 0. The second kappa shape index (κ2) is 3.94. The highest BCUT2D eigenvalue weighted by molar-refractivity contribution is 9.09. The summed E-state index contributed by atoms with van der Waals surface area (Å²) in [4.78, 5) is 13.5. The number of carbonyl (C=O) groups excluding carboxylic acids is 1. The number of alkyl halides is 1. The van der Waals surface area contributed by atoms with Gasteiger partial charge in [-0.2, -0.15) is 0 Å². The first-order valence-corrected chi connectivity index (χ1v) is 6.20. The zero-order valence-corrected chi connectivity index (χ0v) is 10.1. The van der Waals surface area contributed by atoms with Gasteiger partial charge in [0.1, 0.15) is 5.01 Å². The molecule has 1 aromatic heterocycles. The summed E-state index contributed by atoms with van der Waals surface area (Å²) in [5.74, 6) is 0.130. The number of aromatic nitrogens is 2. The third-order valence-corrected chi connectivity index (χ3v) is 3.77. The highest BCUT2D eigenvalue weighted by Crippen LogP contribution is 2.27. The zero-order chi connectivity index (χ0) is 10.1. The fourth-order valence-corrected chi connectivity index (χ4v) is 2.72. The Morgan fingerprint density at radius 3 is 2.93 bits per heavy atom. The molecule has 6 heteroatoms. The summed E-state index contributed by atoms with van der Waals surface area (Å²) in [6.45, 7) is 2.74. The fourth-order valence-electron chi connectivity index (χ4n) is 1.35. The molecule has 0 aromatic carbocycles.